The molecular weight excluding hydrogens is 440 g/mol. The molecule has 5 nitrogen and oxygen atoms in total. The number of imidazole rings is 1. The van der Waals surface area contributed by atoms with Gasteiger partial charge >= 0.3 is 12.1 Å². The molecular formula is C24H24F4N2O3. The van der Waals surface area contributed by atoms with Crippen molar-refractivity contribution in [2.75, 3.05) is 6.61 Å². The summed E-state index contributed by atoms with van der Waals surface area (Å²) in [4.78, 5) is 14.7. The summed E-state index contributed by atoms with van der Waals surface area (Å²) < 4.78 is 61.2. The Kier molecular flexibility index (Phi) is 7.73. The van der Waals surface area contributed by atoms with E-state index in [-0.39, 0.29) is 24.7 Å². The zero-order valence-corrected chi connectivity index (χ0v) is 18.0. The van der Waals surface area contributed by atoms with Gasteiger partial charge < -0.3 is 14.4 Å². The molecule has 0 radical (unpaired) electrons. The van der Waals surface area contributed by atoms with E-state index in [2.05, 4.69) is 4.98 Å². The van der Waals surface area contributed by atoms with Crippen LogP contribution >= 0.6 is 0 Å². The summed E-state index contributed by atoms with van der Waals surface area (Å²) in [5.74, 6) is -0.842. The molecule has 0 saturated heterocycles. The van der Waals surface area contributed by atoms with Crippen LogP contribution in [0.15, 0.2) is 54.7 Å². The molecule has 0 aliphatic heterocycles. The number of benzene rings is 2. The molecule has 1 unspecified atom stereocenters. The van der Waals surface area contributed by atoms with Gasteiger partial charge in [0.15, 0.2) is 0 Å². The van der Waals surface area contributed by atoms with Crippen molar-refractivity contribution in [1.82, 2.24) is 9.55 Å². The number of aliphatic carboxylic acids is 1. The van der Waals surface area contributed by atoms with E-state index in [0.717, 1.165) is 10.8 Å². The summed E-state index contributed by atoms with van der Waals surface area (Å²) >= 11 is 0. The lowest BCUT2D eigenvalue weighted by molar-refractivity contribution is -0.143. The normalized spacial score (nSPS) is 12.5. The Labute approximate surface area is 188 Å². The van der Waals surface area contributed by atoms with Crippen LogP contribution in [0.5, 0.6) is 5.75 Å². The molecule has 0 fully saturated rings. The van der Waals surface area contributed by atoms with Gasteiger partial charge in [-0.25, -0.2) is 9.37 Å². The van der Waals surface area contributed by atoms with Crippen LogP contribution in [-0.4, -0.2) is 27.2 Å². The second-order valence-electron chi connectivity index (χ2n) is 7.86. The molecule has 0 bridgehead atoms. The molecule has 1 aromatic heterocycles. The fraction of sp³-hybridized carbons (Fsp3) is 0.333. The number of carbonyl (C=O) groups is 1. The fourth-order valence-corrected chi connectivity index (χ4v) is 3.55. The molecule has 2 aromatic carbocycles. The molecule has 0 spiro atoms. The topological polar surface area (TPSA) is 64.4 Å². The molecule has 3 aromatic rings. The zero-order chi connectivity index (χ0) is 24.0. The summed E-state index contributed by atoms with van der Waals surface area (Å²) in [5, 5.41) is 8.84. The van der Waals surface area contributed by atoms with Crippen molar-refractivity contribution >= 4 is 5.97 Å². The molecule has 9 heteroatoms. The summed E-state index contributed by atoms with van der Waals surface area (Å²) in [6.07, 6.45) is -2.51. The number of alkyl halides is 3. The van der Waals surface area contributed by atoms with Crippen molar-refractivity contribution in [3.63, 3.8) is 0 Å². The molecule has 0 aliphatic carbocycles. The first-order chi connectivity index (χ1) is 15.6. The van der Waals surface area contributed by atoms with Crippen LogP contribution in [0.3, 0.4) is 0 Å². The number of ether oxygens (including phenoxy) is 1. The maximum atomic E-state index is 13.7. The summed E-state index contributed by atoms with van der Waals surface area (Å²) in [6.45, 7) is 2.01. The number of carboxylic acids is 1. The molecule has 33 heavy (non-hydrogen) atoms. The van der Waals surface area contributed by atoms with Crippen LogP contribution in [0.1, 0.15) is 37.4 Å². The first kappa shape index (κ1) is 24.3. The Morgan fingerprint density at radius 1 is 1.15 bits per heavy atom. The lowest BCUT2D eigenvalue weighted by Gasteiger charge is -2.17. The van der Waals surface area contributed by atoms with Gasteiger partial charge in [-0.2, -0.15) is 13.2 Å². The van der Waals surface area contributed by atoms with Crippen molar-refractivity contribution < 1.29 is 32.2 Å². The minimum atomic E-state index is -4.62. The summed E-state index contributed by atoms with van der Waals surface area (Å²) in [7, 11) is 0. The Morgan fingerprint density at radius 2 is 1.85 bits per heavy atom. The van der Waals surface area contributed by atoms with E-state index in [9.17, 15) is 22.4 Å². The molecule has 1 atom stereocenters. The van der Waals surface area contributed by atoms with Crippen LogP contribution in [0, 0.1) is 11.7 Å². The van der Waals surface area contributed by atoms with Crippen LogP contribution in [-0.2, 0) is 17.5 Å². The highest BCUT2D eigenvalue weighted by Crippen LogP contribution is 2.34. The average Bonchev–Trinajstić information content (AvgIpc) is 3.16. The lowest BCUT2D eigenvalue weighted by atomic mass is 10.0. The van der Waals surface area contributed by atoms with Gasteiger partial charge in [-0.1, -0.05) is 25.1 Å². The Hall–Kier alpha value is -3.36. The van der Waals surface area contributed by atoms with Gasteiger partial charge in [-0.3, -0.25) is 4.79 Å². The number of para-hydroxylation sites is 1. The number of aromatic nitrogens is 2. The minimum Gasteiger partial charge on any atom is -0.493 e. The lowest BCUT2D eigenvalue weighted by Crippen LogP contribution is -2.15. The van der Waals surface area contributed by atoms with E-state index < -0.39 is 23.7 Å². The third kappa shape index (κ3) is 6.57. The van der Waals surface area contributed by atoms with Crippen LogP contribution in [0.2, 0.25) is 0 Å². The third-order valence-electron chi connectivity index (χ3n) is 5.17. The van der Waals surface area contributed by atoms with Crippen molar-refractivity contribution in [3.05, 3.63) is 71.8 Å². The highest BCUT2D eigenvalue weighted by atomic mass is 19.4. The number of hydrogen-bond donors (Lipinski definition) is 1. The van der Waals surface area contributed by atoms with Gasteiger partial charge in [0.1, 0.15) is 23.1 Å². The summed E-state index contributed by atoms with van der Waals surface area (Å²) in [6, 6.07) is 11.9. The van der Waals surface area contributed by atoms with Crippen molar-refractivity contribution in [2.45, 2.75) is 38.9 Å². The molecule has 3 rings (SSSR count). The maximum absolute atomic E-state index is 13.7. The second kappa shape index (κ2) is 10.5. The molecule has 1 heterocycles. The SMILES string of the molecule is CC(CCCOc1ccccc1Cn1c(C(F)(F)F)cnc1-c1ccc(F)cc1)CC(=O)O. The Morgan fingerprint density at radius 3 is 2.52 bits per heavy atom. The number of halogens is 4. The van der Waals surface area contributed by atoms with Gasteiger partial charge in [-0.05, 0) is 49.1 Å². The van der Waals surface area contributed by atoms with E-state index in [1.807, 2.05) is 6.92 Å². The van der Waals surface area contributed by atoms with E-state index in [4.69, 9.17) is 9.84 Å². The van der Waals surface area contributed by atoms with Crippen molar-refractivity contribution in [2.24, 2.45) is 5.92 Å². The Balaban J connectivity index is 1.81. The number of nitrogens with zero attached hydrogens (tertiary/aromatic N) is 2. The molecule has 0 aliphatic rings. The van der Waals surface area contributed by atoms with Crippen LogP contribution in [0.4, 0.5) is 17.6 Å². The van der Waals surface area contributed by atoms with Gasteiger partial charge in [-0.15, -0.1) is 0 Å². The van der Waals surface area contributed by atoms with E-state index in [1.54, 1.807) is 24.3 Å². The molecule has 0 saturated carbocycles. The first-order valence-electron chi connectivity index (χ1n) is 10.5. The monoisotopic (exact) mass is 464 g/mol. The smallest absolute Gasteiger partial charge is 0.433 e. The van der Waals surface area contributed by atoms with E-state index >= 15 is 0 Å². The second-order valence-corrected chi connectivity index (χ2v) is 7.86. The predicted molar refractivity (Wildman–Crippen MR) is 114 cm³/mol. The predicted octanol–water partition coefficient (Wildman–Crippen LogP) is 6.03. The largest absolute Gasteiger partial charge is 0.493 e. The highest BCUT2D eigenvalue weighted by Gasteiger charge is 2.36. The van der Waals surface area contributed by atoms with Gasteiger partial charge in [0.25, 0.3) is 0 Å². The van der Waals surface area contributed by atoms with E-state index in [0.29, 0.717) is 36.3 Å². The average molecular weight is 464 g/mol. The first-order valence-corrected chi connectivity index (χ1v) is 10.5. The fourth-order valence-electron chi connectivity index (χ4n) is 3.55. The number of rotatable bonds is 10. The van der Waals surface area contributed by atoms with Crippen LogP contribution in [0.25, 0.3) is 11.4 Å². The summed E-state index contributed by atoms with van der Waals surface area (Å²) in [5.41, 5.74) is -0.0280. The molecule has 176 valence electrons. The zero-order valence-electron chi connectivity index (χ0n) is 18.0. The molecule has 0 amide bonds. The van der Waals surface area contributed by atoms with Crippen LogP contribution < -0.4 is 4.74 Å². The minimum absolute atomic E-state index is 0.0000893. The van der Waals surface area contributed by atoms with Gasteiger partial charge in [0.2, 0.25) is 0 Å². The van der Waals surface area contributed by atoms with E-state index in [1.165, 1.54) is 24.3 Å². The van der Waals surface area contributed by atoms with Crippen molar-refractivity contribution in [1.29, 1.82) is 0 Å². The maximum Gasteiger partial charge on any atom is 0.433 e. The van der Waals surface area contributed by atoms with Gasteiger partial charge in [0.05, 0.1) is 19.3 Å². The Bertz CT molecular complexity index is 1080. The van der Waals surface area contributed by atoms with Gasteiger partial charge in [0, 0.05) is 17.5 Å². The molecule has 1 N–H and O–H groups in total. The highest BCUT2D eigenvalue weighted by molar-refractivity contribution is 5.66. The standard InChI is InChI=1S/C24H24F4N2O3/c1-16(13-22(31)32)5-4-12-33-20-7-3-2-6-18(20)15-30-21(24(26,27)28)14-29-23(30)17-8-10-19(25)11-9-17/h2-3,6-11,14,16H,4-5,12-13,15H2,1H3,(H,31,32). The number of hydrogen-bond acceptors (Lipinski definition) is 3. The van der Waals surface area contributed by atoms with Crippen molar-refractivity contribution in [3.8, 4) is 17.1 Å². The quantitative estimate of drug-likeness (QED) is 0.294. The third-order valence-corrected chi connectivity index (χ3v) is 5.17. The number of carboxylic acid groups (broad SMARTS) is 1.